The molecule has 4 aliphatic rings. The van der Waals surface area contributed by atoms with Gasteiger partial charge in [-0.1, -0.05) is 27.7 Å². The first-order valence-electron chi connectivity index (χ1n) is 10.9. The summed E-state index contributed by atoms with van der Waals surface area (Å²) in [4.78, 5) is 13.2. The Kier molecular flexibility index (Phi) is 4.67. The monoisotopic (exact) mass is 348 g/mol. The molecule has 3 aliphatic carbocycles. The zero-order valence-electron chi connectivity index (χ0n) is 16.5. The predicted molar refractivity (Wildman–Crippen MR) is 98.1 cm³/mol. The fraction of sp³-hybridized carbons (Fsp3) is 0.955. The highest BCUT2D eigenvalue weighted by Crippen LogP contribution is 2.62. The van der Waals surface area contributed by atoms with E-state index in [4.69, 9.17) is 9.47 Å². The molecule has 1 aliphatic heterocycles. The third-order valence-corrected chi connectivity index (χ3v) is 8.25. The van der Waals surface area contributed by atoms with Crippen molar-refractivity contribution in [3.8, 4) is 0 Å². The highest BCUT2D eigenvalue weighted by atomic mass is 16.6. The van der Waals surface area contributed by atoms with Gasteiger partial charge in [-0.15, -0.1) is 0 Å². The van der Waals surface area contributed by atoms with E-state index in [1.165, 1.54) is 19.3 Å². The second kappa shape index (κ2) is 6.55. The fourth-order valence-corrected chi connectivity index (χ4v) is 6.99. The minimum Gasteiger partial charge on any atom is -0.459 e. The molecule has 3 nitrogen and oxygen atoms in total. The van der Waals surface area contributed by atoms with Gasteiger partial charge in [-0.25, -0.2) is 0 Å². The third kappa shape index (κ3) is 2.67. The predicted octanol–water partition coefficient (Wildman–Crippen LogP) is 4.97. The van der Waals surface area contributed by atoms with Crippen molar-refractivity contribution < 1.29 is 14.3 Å². The van der Waals surface area contributed by atoms with Gasteiger partial charge in [0.25, 0.3) is 0 Å². The lowest BCUT2D eigenvalue weighted by molar-refractivity contribution is -0.172. The molecule has 3 heteroatoms. The van der Waals surface area contributed by atoms with Crippen LogP contribution in [0.1, 0.15) is 79.1 Å². The molecule has 4 rings (SSSR count). The van der Waals surface area contributed by atoms with Crippen molar-refractivity contribution in [2.45, 2.75) is 96.9 Å². The van der Waals surface area contributed by atoms with Gasteiger partial charge in [0.1, 0.15) is 5.60 Å². The van der Waals surface area contributed by atoms with Crippen LogP contribution < -0.4 is 0 Å². The molecule has 1 heterocycles. The molecule has 142 valence electrons. The van der Waals surface area contributed by atoms with Gasteiger partial charge in [-0.3, -0.25) is 4.79 Å². The third-order valence-electron chi connectivity index (χ3n) is 8.25. The number of fused-ring (bicyclic) bond motifs is 5. The lowest BCUT2D eigenvalue weighted by atomic mass is 9.70. The molecule has 0 N–H and O–H groups in total. The average molecular weight is 349 g/mol. The van der Waals surface area contributed by atoms with E-state index in [-0.39, 0.29) is 17.5 Å². The second-order valence-corrected chi connectivity index (χ2v) is 9.53. The molecular weight excluding hydrogens is 312 g/mol. The summed E-state index contributed by atoms with van der Waals surface area (Å²) in [5, 5.41) is 0. The Morgan fingerprint density at radius 3 is 2.32 bits per heavy atom. The Balaban J connectivity index is 1.49. The Labute approximate surface area is 153 Å². The van der Waals surface area contributed by atoms with E-state index in [9.17, 15) is 4.79 Å². The summed E-state index contributed by atoms with van der Waals surface area (Å²) in [7, 11) is 0. The number of carbonyl (C=O) groups is 1. The molecule has 0 aromatic rings. The summed E-state index contributed by atoms with van der Waals surface area (Å²) in [5.74, 6) is 3.18. The smallest absolute Gasteiger partial charge is 0.309 e. The molecular formula is C22H36O3. The fourth-order valence-electron chi connectivity index (χ4n) is 6.99. The van der Waals surface area contributed by atoms with E-state index >= 15 is 0 Å². The Hall–Kier alpha value is -0.570. The molecule has 4 fully saturated rings. The summed E-state index contributed by atoms with van der Waals surface area (Å²) < 4.78 is 12.7. The molecule has 7 unspecified atom stereocenters. The van der Waals surface area contributed by atoms with Gasteiger partial charge in [0.05, 0.1) is 18.1 Å². The number of hydrogen-bond donors (Lipinski definition) is 0. The van der Waals surface area contributed by atoms with Crippen LogP contribution in [0.15, 0.2) is 0 Å². The maximum atomic E-state index is 13.2. The van der Waals surface area contributed by atoms with E-state index in [0.717, 1.165) is 32.1 Å². The molecule has 0 spiro atoms. The van der Waals surface area contributed by atoms with Crippen molar-refractivity contribution in [1.29, 1.82) is 0 Å². The van der Waals surface area contributed by atoms with Gasteiger partial charge in [-0.05, 0) is 81.0 Å². The zero-order chi connectivity index (χ0) is 17.8. The van der Waals surface area contributed by atoms with E-state index in [2.05, 4.69) is 27.7 Å². The van der Waals surface area contributed by atoms with Crippen LogP contribution in [0.5, 0.6) is 0 Å². The van der Waals surface area contributed by atoms with Crippen LogP contribution in [0.3, 0.4) is 0 Å². The quantitative estimate of drug-likeness (QED) is 0.658. The standard InChI is InChI=1S/C22H36O3/c1-5-17-19-14-11-15(20(19)18(6-2)24-17)16(12-14)21(23)25-22(13(3)4)9-7-8-10-22/h13-20H,5-12H2,1-4H3. The zero-order valence-corrected chi connectivity index (χ0v) is 16.5. The van der Waals surface area contributed by atoms with E-state index < -0.39 is 0 Å². The van der Waals surface area contributed by atoms with Crippen molar-refractivity contribution in [2.75, 3.05) is 0 Å². The summed E-state index contributed by atoms with van der Waals surface area (Å²) in [6.45, 7) is 8.94. The first-order valence-corrected chi connectivity index (χ1v) is 10.9. The largest absolute Gasteiger partial charge is 0.459 e. The summed E-state index contributed by atoms with van der Waals surface area (Å²) in [6, 6.07) is 0. The van der Waals surface area contributed by atoms with E-state index in [0.29, 0.717) is 41.8 Å². The number of ether oxygens (including phenoxy) is 2. The van der Waals surface area contributed by atoms with Crippen LogP contribution in [0.25, 0.3) is 0 Å². The van der Waals surface area contributed by atoms with Crippen molar-refractivity contribution in [3.63, 3.8) is 0 Å². The van der Waals surface area contributed by atoms with Crippen LogP contribution in [0.2, 0.25) is 0 Å². The van der Waals surface area contributed by atoms with Crippen molar-refractivity contribution >= 4 is 5.97 Å². The van der Waals surface area contributed by atoms with Crippen LogP contribution in [-0.2, 0) is 14.3 Å². The Morgan fingerprint density at radius 1 is 1.08 bits per heavy atom. The maximum absolute atomic E-state index is 13.2. The molecule has 0 aromatic carbocycles. The molecule has 2 bridgehead atoms. The summed E-state index contributed by atoms with van der Waals surface area (Å²) >= 11 is 0. The van der Waals surface area contributed by atoms with Crippen LogP contribution in [-0.4, -0.2) is 23.8 Å². The van der Waals surface area contributed by atoms with E-state index in [1.807, 2.05) is 0 Å². The lowest BCUT2D eigenvalue weighted by Crippen LogP contribution is -2.42. The first kappa shape index (κ1) is 17.8. The topological polar surface area (TPSA) is 35.5 Å². The van der Waals surface area contributed by atoms with Gasteiger partial charge in [0.15, 0.2) is 0 Å². The number of carbonyl (C=O) groups excluding carboxylic acids is 1. The molecule has 1 saturated heterocycles. The minimum absolute atomic E-state index is 0.122. The molecule has 0 aromatic heterocycles. The summed E-state index contributed by atoms with van der Waals surface area (Å²) in [6.07, 6.45) is 9.81. The van der Waals surface area contributed by atoms with Gasteiger partial charge in [0.2, 0.25) is 0 Å². The first-order chi connectivity index (χ1) is 12.0. The minimum atomic E-state index is -0.180. The number of esters is 1. The highest BCUT2D eigenvalue weighted by Gasteiger charge is 2.62. The lowest BCUT2D eigenvalue weighted by Gasteiger charge is -2.37. The van der Waals surface area contributed by atoms with Crippen LogP contribution >= 0.6 is 0 Å². The van der Waals surface area contributed by atoms with Gasteiger partial charge >= 0.3 is 5.97 Å². The van der Waals surface area contributed by atoms with E-state index in [1.54, 1.807) is 0 Å². The van der Waals surface area contributed by atoms with Gasteiger partial charge < -0.3 is 9.47 Å². The van der Waals surface area contributed by atoms with Gasteiger partial charge in [-0.2, -0.15) is 0 Å². The Bertz CT molecular complexity index is 507. The number of hydrogen-bond acceptors (Lipinski definition) is 3. The second-order valence-electron chi connectivity index (χ2n) is 9.53. The average Bonchev–Trinajstić information content (AvgIpc) is 3.34. The van der Waals surface area contributed by atoms with Gasteiger partial charge in [0, 0.05) is 0 Å². The van der Waals surface area contributed by atoms with Crippen molar-refractivity contribution in [2.24, 2.45) is 35.5 Å². The maximum Gasteiger partial charge on any atom is 0.309 e. The van der Waals surface area contributed by atoms with Crippen molar-refractivity contribution in [1.82, 2.24) is 0 Å². The molecule has 0 radical (unpaired) electrons. The SMILES string of the molecule is CCC1OC(CC)C2C3CC(CC3C(=O)OC3(C(C)C)CCCC3)C12. The molecule has 0 amide bonds. The summed E-state index contributed by atoms with van der Waals surface area (Å²) in [5.41, 5.74) is -0.180. The van der Waals surface area contributed by atoms with Crippen LogP contribution in [0, 0.1) is 35.5 Å². The molecule has 7 atom stereocenters. The molecule has 25 heavy (non-hydrogen) atoms. The Morgan fingerprint density at radius 2 is 1.72 bits per heavy atom. The molecule has 3 saturated carbocycles. The van der Waals surface area contributed by atoms with Crippen LogP contribution in [0.4, 0.5) is 0 Å². The highest BCUT2D eigenvalue weighted by molar-refractivity contribution is 5.74. The number of rotatable bonds is 5. The normalized spacial score (nSPS) is 44.4. The van der Waals surface area contributed by atoms with Crippen molar-refractivity contribution in [3.05, 3.63) is 0 Å².